The van der Waals surface area contributed by atoms with Gasteiger partial charge in [0.05, 0.1) is 5.52 Å². The number of rotatable bonds is 1. The zero-order valence-corrected chi connectivity index (χ0v) is 11.7. The van der Waals surface area contributed by atoms with Crippen LogP contribution in [0.4, 0.5) is 5.69 Å². The molecule has 1 aromatic heterocycles. The molecule has 1 aliphatic heterocycles. The monoisotopic (exact) mass is 276 g/mol. The number of aromatic nitrogens is 1. The molecule has 0 atom stereocenters. The summed E-state index contributed by atoms with van der Waals surface area (Å²) in [7, 11) is 0. The van der Waals surface area contributed by atoms with Crippen LogP contribution in [0.2, 0.25) is 0 Å². The second-order valence-electron chi connectivity index (χ2n) is 5.47. The molecule has 21 heavy (non-hydrogen) atoms. The second-order valence-corrected chi connectivity index (χ2v) is 5.47. The van der Waals surface area contributed by atoms with E-state index in [4.69, 9.17) is 0 Å². The number of benzene rings is 2. The Kier molecular flexibility index (Phi) is 2.78. The van der Waals surface area contributed by atoms with Crippen molar-refractivity contribution in [2.45, 2.75) is 13.0 Å². The highest BCUT2D eigenvalue weighted by Crippen LogP contribution is 2.31. The molecule has 0 saturated carbocycles. The van der Waals surface area contributed by atoms with Crippen molar-refractivity contribution in [3.05, 3.63) is 65.9 Å². The SMILES string of the molecule is Oc1ccc2nccc(N3CCc4ccccc4C3)c2c1. The summed E-state index contributed by atoms with van der Waals surface area (Å²) in [6.45, 7) is 1.90. The van der Waals surface area contributed by atoms with Crippen LogP contribution in [0.15, 0.2) is 54.7 Å². The fourth-order valence-corrected chi connectivity index (χ4v) is 3.10. The molecule has 0 aliphatic carbocycles. The lowest BCUT2D eigenvalue weighted by Gasteiger charge is -2.31. The summed E-state index contributed by atoms with van der Waals surface area (Å²) in [5, 5.41) is 10.8. The Balaban J connectivity index is 1.80. The lowest BCUT2D eigenvalue weighted by Crippen LogP contribution is -2.30. The van der Waals surface area contributed by atoms with Crippen LogP contribution in [0.5, 0.6) is 5.75 Å². The van der Waals surface area contributed by atoms with Gasteiger partial charge in [0.2, 0.25) is 0 Å². The third kappa shape index (κ3) is 2.11. The zero-order valence-electron chi connectivity index (χ0n) is 11.7. The predicted molar refractivity (Wildman–Crippen MR) is 84.6 cm³/mol. The zero-order chi connectivity index (χ0) is 14.2. The van der Waals surface area contributed by atoms with Crippen molar-refractivity contribution in [3.63, 3.8) is 0 Å². The number of nitrogens with zero attached hydrogens (tertiary/aromatic N) is 2. The van der Waals surface area contributed by atoms with Crippen LogP contribution in [0.3, 0.4) is 0 Å². The van der Waals surface area contributed by atoms with Gasteiger partial charge in [0, 0.05) is 30.4 Å². The lowest BCUT2D eigenvalue weighted by molar-refractivity contribution is 0.476. The number of hydrogen-bond acceptors (Lipinski definition) is 3. The molecule has 0 spiro atoms. The van der Waals surface area contributed by atoms with Crippen LogP contribution in [-0.2, 0) is 13.0 Å². The molecule has 3 heteroatoms. The third-order valence-electron chi connectivity index (χ3n) is 4.17. The molecule has 0 amide bonds. The fraction of sp³-hybridized carbons (Fsp3) is 0.167. The number of fused-ring (bicyclic) bond motifs is 2. The van der Waals surface area contributed by atoms with Gasteiger partial charge in [-0.25, -0.2) is 0 Å². The van der Waals surface area contributed by atoms with Crippen LogP contribution in [-0.4, -0.2) is 16.6 Å². The lowest BCUT2D eigenvalue weighted by atomic mass is 9.99. The van der Waals surface area contributed by atoms with Crippen molar-refractivity contribution >= 4 is 16.6 Å². The van der Waals surface area contributed by atoms with Crippen molar-refractivity contribution in [1.29, 1.82) is 0 Å². The number of phenols is 1. The number of pyridine rings is 1. The van der Waals surface area contributed by atoms with Gasteiger partial charge in [0.25, 0.3) is 0 Å². The van der Waals surface area contributed by atoms with E-state index in [-0.39, 0.29) is 5.75 Å². The second kappa shape index (κ2) is 4.77. The normalized spacial score (nSPS) is 14.2. The number of aromatic hydroxyl groups is 1. The van der Waals surface area contributed by atoms with Crippen molar-refractivity contribution < 1.29 is 5.11 Å². The third-order valence-corrected chi connectivity index (χ3v) is 4.17. The number of anilines is 1. The van der Waals surface area contributed by atoms with Crippen LogP contribution >= 0.6 is 0 Å². The van der Waals surface area contributed by atoms with Gasteiger partial charge in [0.1, 0.15) is 5.75 Å². The summed E-state index contributed by atoms with van der Waals surface area (Å²) in [5.41, 5.74) is 4.89. The molecule has 4 rings (SSSR count). The standard InChI is InChI=1S/C18H16N2O/c21-15-5-6-17-16(11-15)18(7-9-19-17)20-10-8-13-3-1-2-4-14(13)12-20/h1-7,9,11,21H,8,10,12H2. The molecule has 0 radical (unpaired) electrons. The van der Waals surface area contributed by atoms with E-state index in [9.17, 15) is 5.11 Å². The van der Waals surface area contributed by atoms with E-state index in [1.54, 1.807) is 12.1 Å². The molecule has 2 heterocycles. The van der Waals surface area contributed by atoms with E-state index < -0.39 is 0 Å². The Hall–Kier alpha value is -2.55. The number of hydrogen-bond donors (Lipinski definition) is 1. The molecule has 3 aromatic rings. The van der Waals surface area contributed by atoms with Gasteiger partial charge in [-0.3, -0.25) is 4.98 Å². The Bertz CT molecular complexity index is 813. The molecule has 1 aliphatic rings. The summed E-state index contributed by atoms with van der Waals surface area (Å²) in [5.74, 6) is 0.286. The topological polar surface area (TPSA) is 36.4 Å². The van der Waals surface area contributed by atoms with Crippen molar-refractivity contribution in [2.75, 3.05) is 11.4 Å². The number of phenolic OH excluding ortho intramolecular Hbond substituents is 1. The van der Waals surface area contributed by atoms with Crippen LogP contribution < -0.4 is 4.90 Å². The molecule has 1 N–H and O–H groups in total. The minimum atomic E-state index is 0.286. The van der Waals surface area contributed by atoms with E-state index in [1.807, 2.05) is 18.3 Å². The van der Waals surface area contributed by atoms with Gasteiger partial charge >= 0.3 is 0 Å². The van der Waals surface area contributed by atoms with E-state index in [0.717, 1.165) is 36.1 Å². The average Bonchev–Trinajstić information content (AvgIpc) is 2.54. The molecule has 104 valence electrons. The molecular formula is C18H16N2O. The van der Waals surface area contributed by atoms with Gasteiger partial charge in [-0.05, 0) is 41.8 Å². The van der Waals surface area contributed by atoms with E-state index in [0.29, 0.717) is 0 Å². The maximum Gasteiger partial charge on any atom is 0.116 e. The first-order chi connectivity index (χ1) is 10.3. The highest BCUT2D eigenvalue weighted by molar-refractivity contribution is 5.92. The Labute approximate surface area is 123 Å². The highest BCUT2D eigenvalue weighted by atomic mass is 16.3. The maximum atomic E-state index is 9.76. The predicted octanol–water partition coefficient (Wildman–Crippen LogP) is 3.50. The van der Waals surface area contributed by atoms with Crippen molar-refractivity contribution in [2.24, 2.45) is 0 Å². The molecule has 0 bridgehead atoms. The highest BCUT2D eigenvalue weighted by Gasteiger charge is 2.18. The molecular weight excluding hydrogens is 260 g/mol. The summed E-state index contributed by atoms with van der Waals surface area (Å²) in [6, 6.07) is 16.0. The summed E-state index contributed by atoms with van der Waals surface area (Å²) < 4.78 is 0. The van der Waals surface area contributed by atoms with Crippen molar-refractivity contribution in [1.82, 2.24) is 4.98 Å². The van der Waals surface area contributed by atoms with Gasteiger partial charge in [-0.2, -0.15) is 0 Å². The molecule has 0 fully saturated rings. The van der Waals surface area contributed by atoms with Crippen molar-refractivity contribution in [3.8, 4) is 5.75 Å². The molecule has 2 aromatic carbocycles. The Morgan fingerprint density at radius 2 is 1.86 bits per heavy atom. The summed E-state index contributed by atoms with van der Waals surface area (Å²) in [6.07, 6.45) is 2.90. The van der Waals surface area contributed by atoms with E-state index in [1.165, 1.54) is 11.1 Å². The minimum absolute atomic E-state index is 0.286. The molecule has 3 nitrogen and oxygen atoms in total. The average molecular weight is 276 g/mol. The smallest absolute Gasteiger partial charge is 0.116 e. The van der Waals surface area contributed by atoms with Crippen LogP contribution in [0, 0.1) is 0 Å². The minimum Gasteiger partial charge on any atom is -0.508 e. The quantitative estimate of drug-likeness (QED) is 0.739. The fourth-order valence-electron chi connectivity index (χ4n) is 3.10. The first-order valence-corrected chi connectivity index (χ1v) is 7.21. The van der Waals surface area contributed by atoms with Crippen LogP contribution in [0.25, 0.3) is 10.9 Å². The Morgan fingerprint density at radius 3 is 2.76 bits per heavy atom. The maximum absolute atomic E-state index is 9.76. The van der Waals surface area contributed by atoms with Gasteiger partial charge in [-0.1, -0.05) is 24.3 Å². The summed E-state index contributed by atoms with van der Waals surface area (Å²) >= 11 is 0. The first-order valence-electron chi connectivity index (χ1n) is 7.21. The van der Waals surface area contributed by atoms with Crippen LogP contribution in [0.1, 0.15) is 11.1 Å². The Morgan fingerprint density at radius 1 is 1.00 bits per heavy atom. The van der Waals surface area contributed by atoms with E-state index in [2.05, 4.69) is 34.1 Å². The van der Waals surface area contributed by atoms with Gasteiger partial charge in [-0.15, -0.1) is 0 Å². The van der Waals surface area contributed by atoms with Gasteiger partial charge in [0.15, 0.2) is 0 Å². The largest absolute Gasteiger partial charge is 0.508 e. The van der Waals surface area contributed by atoms with Gasteiger partial charge < -0.3 is 10.0 Å². The summed E-state index contributed by atoms with van der Waals surface area (Å²) in [4.78, 5) is 6.75. The van der Waals surface area contributed by atoms with E-state index >= 15 is 0 Å². The first kappa shape index (κ1) is 12.2. The molecule has 0 unspecified atom stereocenters. The molecule has 0 saturated heterocycles.